The smallest absolute Gasteiger partial charge is 0.357 e. The molecule has 0 aliphatic heterocycles. The van der Waals surface area contributed by atoms with Gasteiger partial charge in [0.2, 0.25) is 0 Å². The molecule has 3 atom stereocenters. The maximum absolute atomic E-state index is 14.0. The summed E-state index contributed by atoms with van der Waals surface area (Å²) < 4.78 is 38.8. The van der Waals surface area contributed by atoms with E-state index in [9.17, 15) is 10.1 Å². The molecule has 0 amide bonds. The van der Waals surface area contributed by atoms with Crippen LogP contribution >= 0.6 is 7.60 Å². The zero-order valence-corrected chi connectivity index (χ0v) is 25.4. The molecule has 0 spiro atoms. The normalized spacial score (nSPS) is 20.1. The quantitative estimate of drug-likeness (QED) is 0.0664. The van der Waals surface area contributed by atoms with E-state index in [2.05, 4.69) is 61.6 Å². The van der Waals surface area contributed by atoms with Gasteiger partial charge in [0, 0.05) is 16.6 Å². The van der Waals surface area contributed by atoms with Crippen molar-refractivity contribution in [2.45, 2.75) is 64.3 Å². The van der Waals surface area contributed by atoms with Gasteiger partial charge in [-0.1, -0.05) is 92.6 Å². The molecule has 3 rings (SSSR count). The molecule has 1 aliphatic carbocycles. The van der Waals surface area contributed by atoms with Gasteiger partial charge < -0.3 is 18.2 Å². The van der Waals surface area contributed by atoms with E-state index in [1.165, 1.54) is 0 Å². The van der Waals surface area contributed by atoms with Gasteiger partial charge in [0.05, 0.1) is 38.1 Å². The molecule has 2 aromatic carbocycles. The van der Waals surface area contributed by atoms with Crippen LogP contribution in [0.4, 0.5) is 0 Å². The predicted molar refractivity (Wildman–Crippen MR) is 159 cm³/mol. The summed E-state index contributed by atoms with van der Waals surface area (Å²) in [5.41, 5.74) is 9.58. The summed E-state index contributed by atoms with van der Waals surface area (Å²) in [4.78, 5) is 3.16. The lowest BCUT2D eigenvalue weighted by atomic mass is 9.96. The molecule has 1 aliphatic rings. The van der Waals surface area contributed by atoms with Crippen molar-refractivity contribution in [2.24, 2.45) is 5.11 Å². The van der Waals surface area contributed by atoms with Gasteiger partial charge in [-0.15, -0.1) is 6.58 Å². The average molecular weight is 570 g/mol. The van der Waals surface area contributed by atoms with Crippen molar-refractivity contribution in [1.29, 1.82) is 0 Å². The molecule has 0 saturated heterocycles. The second-order valence-electron chi connectivity index (χ2n) is 10.3. The fourth-order valence-corrected chi connectivity index (χ4v) is 11.6. The summed E-state index contributed by atoms with van der Waals surface area (Å²) in [5, 5.41) is 6.45. The van der Waals surface area contributed by atoms with E-state index in [4.69, 9.17) is 18.2 Å². The molecule has 210 valence electrons. The van der Waals surface area contributed by atoms with Gasteiger partial charge in [-0.3, -0.25) is 4.57 Å². The van der Waals surface area contributed by atoms with Gasteiger partial charge in [0.1, 0.15) is 0 Å². The molecule has 0 aromatic heterocycles. The summed E-state index contributed by atoms with van der Waals surface area (Å²) in [6, 6.07) is 19.7. The number of hydrogen-bond acceptors (Lipinski definition) is 6. The van der Waals surface area contributed by atoms with Gasteiger partial charge in [-0.05, 0) is 40.9 Å². The highest BCUT2D eigenvalue weighted by molar-refractivity contribution is 7.58. The van der Waals surface area contributed by atoms with Gasteiger partial charge in [0.15, 0.2) is 0 Å². The molecule has 2 aromatic rings. The number of nitrogens with zero attached hydrogens (tertiary/aromatic N) is 3. The third kappa shape index (κ3) is 6.81. The Hall–Kier alpha value is -2.48. The van der Waals surface area contributed by atoms with Crippen LogP contribution in [0, 0.1) is 0 Å². The largest absolute Gasteiger partial charge is 0.401 e. The van der Waals surface area contributed by atoms with Crippen LogP contribution in [-0.2, 0) is 22.8 Å². The van der Waals surface area contributed by atoms with Crippen LogP contribution in [0.1, 0.15) is 41.0 Å². The van der Waals surface area contributed by atoms with Crippen LogP contribution in [0.15, 0.2) is 89.8 Å². The number of azide groups is 1. The molecular formula is C29H40N3O5PSi. The molecule has 0 unspecified atom stereocenters. The van der Waals surface area contributed by atoms with Crippen molar-refractivity contribution >= 4 is 26.3 Å². The van der Waals surface area contributed by atoms with Crippen LogP contribution in [0.25, 0.3) is 10.4 Å². The summed E-state index contributed by atoms with van der Waals surface area (Å²) in [5.74, 6) is 0. The molecule has 39 heavy (non-hydrogen) atoms. The first-order chi connectivity index (χ1) is 18.7. The predicted octanol–water partition coefficient (Wildman–Crippen LogP) is 6.74. The minimum atomic E-state index is -3.64. The summed E-state index contributed by atoms with van der Waals surface area (Å²) in [6.45, 7) is 14.5. The van der Waals surface area contributed by atoms with Crippen molar-refractivity contribution < 1.29 is 22.8 Å². The molecule has 0 heterocycles. The number of rotatable bonds is 13. The number of hydrogen-bond donors (Lipinski definition) is 0. The van der Waals surface area contributed by atoms with Gasteiger partial charge in [-0.2, -0.15) is 0 Å². The molecule has 0 radical (unpaired) electrons. The first-order valence-electron chi connectivity index (χ1n) is 13.3. The van der Waals surface area contributed by atoms with E-state index in [1.54, 1.807) is 26.0 Å². The third-order valence-electron chi connectivity index (χ3n) is 6.78. The van der Waals surface area contributed by atoms with E-state index in [0.29, 0.717) is 5.31 Å². The molecular weight excluding hydrogens is 529 g/mol. The monoisotopic (exact) mass is 569 g/mol. The highest BCUT2D eigenvalue weighted by atomic mass is 31.2. The Labute approximate surface area is 233 Å². The van der Waals surface area contributed by atoms with Crippen LogP contribution in [0.3, 0.4) is 0 Å². The lowest BCUT2D eigenvalue weighted by Gasteiger charge is -2.47. The van der Waals surface area contributed by atoms with E-state index < -0.39 is 34.2 Å². The van der Waals surface area contributed by atoms with Crippen LogP contribution in [-0.4, -0.2) is 46.4 Å². The molecule has 8 nitrogen and oxygen atoms in total. The zero-order chi connectivity index (χ0) is 28.5. The summed E-state index contributed by atoms with van der Waals surface area (Å²) in [6.07, 6.45) is 2.28. The number of benzene rings is 2. The van der Waals surface area contributed by atoms with Gasteiger partial charge in [-0.25, -0.2) is 0 Å². The average Bonchev–Trinajstić information content (AvgIpc) is 2.92. The first kappa shape index (κ1) is 31.0. The molecule has 0 saturated carbocycles. The van der Waals surface area contributed by atoms with E-state index >= 15 is 0 Å². The Balaban J connectivity index is 2.29. The highest BCUT2D eigenvalue weighted by Gasteiger charge is 2.53. The lowest BCUT2D eigenvalue weighted by Crippen LogP contribution is -2.68. The van der Waals surface area contributed by atoms with Gasteiger partial charge in [0.25, 0.3) is 8.32 Å². The minimum absolute atomic E-state index is 0.215. The zero-order valence-electron chi connectivity index (χ0n) is 23.5. The Bertz CT molecular complexity index is 1160. The van der Waals surface area contributed by atoms with E-state index in [0.717, 1.165) is 10.4 Å². The van der Waals surface area contributed by atoms with Crippen molar-refractivity contribution in [1.82, 2.24) is 0 Å². The van der Waals surface area contributed by atoms with Crippen molar-refractivity contribution in [3.63, 3.8) is 0 Å². The first-order valence-corrected chi connectivity index (χ1v) is 16.8. The van der Waals surface area contributed by atoms with Gasteiger partial charge >= 0.3 is 7.60 Å². The molecule has 10 heteroatoms. The topological polar surface area (TPSA) is 103 Å². The molecule has 0 N–H and O–H groups in total. The third-order valence-corrected chi connectivity index (χ3v) is 14.0. The Kier molecular flexibility index (Phi) is 10.9. The Morgan fingerprint density at radius 2 is 1.59 bits per heavy atom. The lowest BCUT2D eigenvalue weighted by molar-refractivity contribution is 0.0194. The van der Waals surface area contributed by atoms with Crippen LogP contribution < -0.4 is 10.4 Å². The Morgan fingerprint density at radius 1 is 1.05 bits per heavy atom. The summed E-state index contributed by atoms with van der Waals surface area (Å²) in [7, 11) is -6.71. The van der Waals surface area contributed by atoms with Crippen molar-refractivity contribution in [2.75, 3.05) is 19.8 Å². The second-order valence-corrected chi connectivity index (χ2v) is 16.6. The maximum Gasteiger partial charge on any atom is 0.357 e. The van der Waals surface area contributed by atoms with Crippen LogP contribution in [0.2, 0.25) is 5.04 Å². The fraction of sp³-hybridized carbons (Fsp3) is 0.448. The fourth-order valence-electron chi connectivity index (χ4n) is 5.19. The highest BCUT2D eigenvalue weighted by Crippen LogP contribution is 2.59. The maximum atomic E-state index is 14.0. The second kappa shape index (κ2) is 13.7. The van der Waals surface area contributed by atoms with E-state index in [1.807, 2.05) is 36.4 Å². The van der Waals surface area contributed by atoms with Crippen molar-refractivity contribution in [3.8, 4) is 0 Å². The number of ether oxygens (including phenoxy) is 1. The standard InChI is InChI=1S/C29H40N3O5PSi/c1-7-20-34-26-21-23(38(33,35-8-2)36-9-3)22-27(28(26)31-32-30)37-39(29(4,5)6,24-16-12-10-13-17-24)25-18-14-11-15-19-25/h7,10-19,22,26-28H,1,8-9,20-21H2,2-6H3/t26-,27+,28+/m1/s1. The SMILES string of the molecule is C=CCO[C@@H]1CC(P(=O)(OCC)OCC)=C[C@H](O[Si](c2ccccc2)(c2ccccc2)C(C)(C)C)[C@H]1N=[N+]=[N-]. The van der Waals surface area contributed by atoms with Crippen molar-refractivity contribution in [3.05, 3.63) is 95.2 Å². The van der Waals surface area contributed by atoms with E-state index in [-0.39, 0.29) is 31.3 Å². The summed E-state index contributed by atoms with van der Waals surface area (Å²) >= 11 is 0. The Morgan fingerprint density at radius 3 is 2.03 bits per heavy atom. The van der Waals surface area contributed by atoms with Crippen LogP contribution in [0.5, 0.6) is 0 Å². The molecule has 0 fully saturated rings. The molecule has 0 bridgehead atoms. The minimum Gasteiger partial charge on any atom is -0.401 e.